The van der Waals surface area contributed by atoms with Gasteiger partial charge in [-0.15, -0.1) is 0 Å². The van der Waals surface area contributed by atoms with Crippen molar-refractivity contribution in [3.05, 3.63) is 83.9 Å². The third-order valence-electron chi connectivity index (χ3n) is 4.40. The van der Waals surface area contributed by atoms with Crippen molar-refractivity contribution in [3.63, 3.8) is 0 Å². The summed E-state index contributed by atoms with van der Waals surface area (Å²) in [4.78, 5) is 20.6. The summed E-state index contributed by atoms with van der Waals surface area (Å²) in [6.07, 6.45) is 4.81. The van der Waals surface area contributed by atoms with Crippen molar-refractivity contribution in [3.8, 4) is 23.0 Å². The highest BCUT2D eigenvalue weighted by Gasteiger charge is 2.14. The molecular formula is C22H18N4O3. The molecule has 0 aliphatic rings. The monoisotopic (exact) mass is 386 g/mol. The van der Waals surface area contributed by atoms with Gasteiger partial charge in [0.2, 0.25) is 5.88 Å². The lowest BCUT2D eigenvalue weighted by atomic mass is 10.1. The zero-order chi connectivity index (χ0) is 20.2. The second kappa shape index (κ2) is 7.93. The Hall–Kier alpha value is -4.00. The molecule has 7 heteroatoms. The topological polar surface area (TPSA) is 90.1 Å². The first kappa shape index (κ1) is 18.4. The number of ether oxygens (including phenoxy) is 1. The number of anilines is 1. The highest BCUT2D eigenvalue weighted by atomic mass is 16.5. The summed E-state index contributed by atoms with van der Waals surface area (Å²) in [7, 11) is 0. The molecule has 4 aromatic rings. The van der Waals surface area contributed by atoms with Gasteiger partial charge in [0.15, 0.2) is 11.5 Å². The number of hydrogen-bond donors (Lipinski definition) is 1. The Morgan fingerprint density at radius 3 is 2.55 bits per heavy atom. The van der Waals surface area contributed by atoms with Gasteiger partial charge in [-0.3, -0.25) is 9.78 Å². The van der Waals surface area contributed by atoms with Crippen molar-refractivity contribution >= 4 is 11.6 Å². The molecule has 4 rings (SSSR count). The number of carbonyl (C=O) groups excluding carboxylic acids is 1. The van der Waals surface area contributed by atoms with Crippen molar-refractivity contribution in [2.45, 2.75) is 13.8 Å². The van der Waals surface area contributed by atoms with Crippen LogP contribution in [0, 0.1) is 13.8 Å². The van der Waals surface area contributed by atoms with E-state index in [1.54, 1.807) is 42.7 Å². The van der Waals surface area contributed by atoms with Crippen LogP contribution in [0.15, 0.2) is 71.6 Å². The van der Waals surface area contributed by atoms with Crippen LogP contribution in [0.3, 0.4) is 0 Å². The number of benzene rings is 1. The smallest absolute Gasteiger partial charge is 0.277 e. The van der Waals surface area contributed by atoms with Gasteiger partial charge in [-0.25, -0.2) is 4.98 Å². The molecule has 3 heterocycles. The van der Waals surface area contributed by atoms with Gasteiger partial charge in [-0.05, 0) is 55.3 Å². The van der Waals surface area contributed by atoms with Crippen molar-refractivity contribution in [2.24, 2.45) is 0 Å². The molecule has 0 spiro atoms. The van der Waals surface area contributed by atoms with Crippen LogP contribution in [0.25, 0.3) is 11.3 Å². The van der Waals surface area contributed by atoms with Crippen LogP contribution in [0.4, 0.5) is 5.69 Å². The van der Waals surface area contributed by atoms with E-state index >= 15 is 0 Å². The summed E-state index contributed by atoms with van der Waals surface area (Å²) in [5.41, 5.74) is 3.83. The van der Waals surface area contributed by atoms with Gasteiger partial charge in [0.1, 0.15) is 5.75 Å². The van der Waals surface area contributed by atoms with E-state index in [1.165, 1.54) is 11.8 Å². The molecule has 29 heavy (non-hydrogen) atoms. The van der Waals surface area contributed by atoms with Crippen LogP contribution < -0.4 is 10.1 Å². The first-order chi connectivity index (χ1) is 14.1. The summed E-state index contributed by atoms with van der Waals surface area (Å²) in [5, 5.41) is 6.56. The Bertz CT molecular complexity index is 1140. The first-order valence-corrected chi connectivity index (χ1v) is 8.98. The van der Waals surface area contributed by atoms with Crippen LogP contribution in [-0.2, 0) is 0 Å². The number of pyridine rings is 2. The molecule has 0 fully saturated rings. The fourth-order valence-corrected chi connectivity index (χ4v) is 2.64. The zero-order valence-electron chi connectivity index (χ0n) is 15.9. The predicted molar refractivity (Wildman–Crippen MR) is 108 cm³/mol. The lowest BCUT2D eigenvalue weighted by molar-refractivity contribution is 0.101. The molecule has 1 aromatic carbocycles. The highest BCUT2D eigenvalue weighted by Crippen LogP contribution is 2.23. The summed E-state index contributed by atoms with van der Waals surface area (Å²) >= 11 is 0. The maximum atomic E-state index is 12.4. The summed E-state index contributed by atoms with van der Waals surface area (Å²) in [6.45, 7) is 4.07. The molecule has 0 bridgehead atoms. The van der Waals surface area contributed by atoms with E-state index in [-0.39, 0.29) is 5.69 Å². The van der Waals surface area contributed by atoms with Gasteiger partial charge in [-0.2, -0.15) is 0 Å². The minimum absolute atomic E-state index is 0.173. The molecule has 7 nitrogen and oxygen atoms in total. The Morgan fingerprint density at radius 1 is 1.00 bits per heavy atom. The standard InChI is InChI=1S/C22H18N4O3/c1-14-3-5-18(11-15(14)2)28-21-6-4-17(13-24-21)25-22(27)19-12-20(29-26-19)16-7-9-23-10-8-16/h3-13H,1-2H3,(H,25,27). The quantitative estimate of drug-likeness (QED) is 0.530. The van der Waals surface area contributed by atoms with E-state index in [0.29, 0.717) is 23.1 Å². The largest absolute Gasteiger partial charge is 0.439 e. The van der Waals surface area contributed by atoms with E-state index in [0.717, 1.165) is 11.1 Å². The van der Waals surface area contributed by atoms with E-state index < -0.39 is 5.91 Å². The Morgan fingerprint density at radius 2 is 1.83 bits per heavy atom. The lowest BCUT2D eigenvalue weighted by Gasteiger charge is -2.08. The SMILES string of the molecule is Cc1ccc(Oc2ccc(NC(=O)c3cc(-c4ccncc4)on3)cn2)cc1C. The van der Waals surface area contributed by atoms with Crippen LogP contribution in [-0.4, -0.2) is 21.0 Å². The van der Waals surface area contributed by atoms with E-state index in [2.05, 4.69) is 20.4 Å². The predicted octanol–water partition coefficient (Wildman–Crippen LogP) is 4.79. The van der Waals surface area contributed by atoms with Gasteiger partial charge in [-0.1, -0.05) is 11.2 Å². The van der Waals surface area contributed by atoms with Crippen molar-refractivity contribution in [1.29, 1.82) is 0 Å². The Kier molecular flexibility index (Phi) is 5.03. The van der Waals surface area contributed by atoms with E-state index in [9.17, 15) is 4.79 Å². The average Bonchev–Trinajstić information content (AvgIpc) is 3.23. The summed E-state index contributed by atoms with van der Waals surface area (Å²) < 4.78 is 11.0. The second-order valence-electron chi connectivity index (χ2n) is 6.50. The lowest BCUT2D eigenvalue weighted by Crippen LogP contribution is -2.12. The van der Waals surface area contributed by atoms with Gasteiger partial charge in [0.05, 0.1) is 11.9 Å². The molecule has 1 amide bonds. The zero-order valence-corrected chi connectivity index (χ0v) is 15.9. The minimum atomic E-state index is -0.390. The van der Waals surface area contributed by atoms with Crippen LogP contribution >= 0.6 is 0 Å². The molecule has 144 valence electrons. The molecule has 0 aliphatic carbocycles. The van der Waals surface area contributed by atoms with Crippen molar-refractivity contribution < 1.29 is 14.1 Å². The van der Waals surface area contributed by atoms with Crippen LogP contribution in [0.1, 0.15) is 21.6 Å². The Balaban J connectivity index is 1.41. The molecule has 0 aliphatic heterocycles. The van der Waals surface area contributed by atoms with Crippen molar-refractivity contribution in [2.75, 3.05) is 5.32 Å². The van der Waals surface area contributed by atoms with E-state index in [1.807, 2.05) is 32.0 Å². The molecule has 1 N–H and O–H groups in total. The van der Waals surface area contributed by atoms with Gasteiger partial charge >= 0.3 is 0 Å². The number of nitrogens with zero attached hydrogens (tertiary/aromatic N) is 3. The molecular weight excluding hydrogens is 368 g/mol. The summed E-state index contributed by atoms with van der Waals surface area (Å²) in [6, 6.07) is 14.4. The molecule has 3 aromatic heterocycles. The normalized spacial score (nSPS) is 10.6. The molecule has 0 atom stereocenters. The third kappa shape index (κ3) is 4.30. The maximum Gasteiger partial charge on any atom is 0.277 e. The number of carbonyl (C=O) groups is 1. The number of aromatic nitrogens is 3. The molecule has 0 radical (unpaired) electrons. The van der Waals surface area contributed by atoms with Crippen molar-refractivity contribution in [1.82, 2.24) is 15.1 Å². The number of amides is 1. The van der Waals surface area contributed by atoms with Gasteiger partial charge in [0.25, 0.3) is 5.91 Å². The number of nitrogens with one attached hydrogen (secondary N) is 1. The molecule has 0 saturated carbocycles. The minimum Gasteiger partial charge on any atom is -0.439 e. The Labute approximate surface area is 167 Å². The third-order valence-corrected chi connectivity index (χ3v) is 4.40. The van der Waals surface area contributed by atoms with E-state index in [4.69, 9.17) is 9.26 Å². The average molecular weight is 386 g/mol. The summed E-state index contributed by atoms with van der Waals surface area (Å²) in [5.74, 6) is 1.25. The van der Waals surface area contributed by atoms with Crippen LogP contribution in [0.2, 0.25) is 0 Å². The second-order valence-corrected chi connectivity index (χ2v) is 6.50. The number of rotatable bonds is 5. The molecule has 0 saturated heterocycles. The number of hydrogen-bond acceptors (Lipinski definition) is 6. The fourth-order valence-electron chi connectivity index (χ4n) is 2.64. The van der Waals surface area contributed by atoms with Gasteiger partial charge in [0, 0.05) is 30.1 Å². The first-order valence-electron chi connectivity index (χ1n) is 8.98. The maximum absolute atomic E-state index is 12.4. The van der Waals surface area contributed by atoms with Gasteiger partial charge < -0.3 is 14.6 Å². The molecule has 0 unspecified atom stereocenters. The fraction of sp³-hybridized carbons (Fsp3) is 0.0909. The van der Waals surface area contributed by atoms with Crippen LogP contribution in [0.5, 0.6) is 11.6 Å². The number of aryl methyl sites for hydroxylation is 2. The highest BCUT2D eigenvalue weighted by molar-refractivity contribution is 6.03.